The number of anilines is 1. The van der Waals surface area contributed by atoms with Crippen LogP contribution in [-0.2, 0) is 13.0 Å². The molecule has 29 heavy (non-hydrogen) atoms. The van der Waals surface area contributed by atoms with Crippen molar-refractivity contribution < 1.29 is 4.79 Å². The highest BCUT2D eigenvalue weighted by Gasteiger charge is 2.38. The van der Waals surface area contributed by atoms with Gasteiger partial charge >= 0.3 is 0 Å². The first-order valence-electron chi connectivity index (χ1n) is 10.7. The summed E-state index contributed by atoms with van der Waals surface area (Å²) >= 11 is 0. The Morgan fingerprint density at radius 2 is 1.72 bits per heavy atom. The molecule has 0 atom stereocenters. The lowest BCUT2D eigenvalue weighted by molar-refractivity contribution is 0.0873. The van der Waals surface area contributed by atoms with Gasteiger partial charge in [0.15, 0.2) is 0 Å². The average molecular weight is 394 g/mol. The van der Waals surface area contributed by atoms with Gasteiger partial charge in [-0.1, -0.05) is 37.3 Å². The molecule has 3 rings (SSSR count). The SMILES string of the molecule is CCc1ccccc1NCc1cccc(C(=O)NC2CC(C)(C)NC(C)(C)C2)c1. The lowest BCUT2D eigenvalue weighted by Crippen LogP contribution is -2.62. The van der Waals surface area contributed by atoms with Crippen LogP contribution >= 0.6 is 0 Å². The van der Waals surface area contributed by atoms with Gasteiger partial charge in [0.25, 0.3) is 5.91 Å². The van der Waals surface area contributed by atoms with Crippen LogP contribution in [0.1, 0.15) is 68.9 Å². The average Bonchev–Trinajstić information content (AvgIpc) is 2.64. The molecule has 1 amide bonds. The van der Waals surface area contributed by atoms with E-state index in [1.54, 1.807) is 0 Å². The third-order valence-corrected chi connectivity index (χ3v) is 5.60. The van der Waals surface area contributed by atoms with Gasteiger partial charge < -0.3 is 16.0 Å². The standard InChI is InChI=1S/C25H35N3O/c1-6-19-11-7-8-13-22(19)26-17-18-10-9-12-20(14-18)23(29)27-21-15-24(2,3)28-25(4,5)16-21/h7-14,21,26,28H,6,15-17H2,1-5H3,(H,27,29). The molecule has 0 saturated carbocycles. The minimum absolute atomic E-state index is 0.0120. The second-order valence-corrected chi connectivity index (χ2v) is 9.54. The summed E-state index contributed by atoms with van der Waals surface area (Å²) in [7, 11) is 0. The van der Waals surface area contributed by atoms with Crippen molar-refractivity contribution >= 4 is 11.6 Å². The number of hydrogen-bond donors (Lipinski definition) is 3. The van der Waals surface area contributed by atoms with Gasteiger partial charge in [0.05, 0.1) is 0 Å². The van der Waals surface area contributed by atoms with Crippen molar-refractivity contribution in [3.63, 3.8) is 0 Å². The van der Waals surface area contributed by atoms with Gasteiger partial charge in [0.1, 0.15) is 0 Å². The molecule has 1 fully saturated rings. The monoisotopic (exact) mass is 393 g/mol. The Morgan fingerprint density at radius 3 is 2.41 bits per heavy atom. The van der Waals surface area contributed by atoms with Crippen LogP contribution < -0.4 is 16.0 Å². The fourth-order valence-corrected chi connectivity index (χ4v) is 4.71. The molecule has 1 aliphatic heterocycles. The molecule has 0 spiro atoms. The summed E-state index contributed by atoms with van der Waals surface area (Å²) in [6.45, 7) is 11.7. The van der Waals surface area contributed by atoms with E-state index >= 15 is 0 Å². The number of carbonyl (C=O) groups is 1. The van der Waals surface area contributed by atoms with E-state index in [1.807, 2.05) is 24.3 Å². The first kappa shape index (κ1) is 21.4. The molecule has 0 radical (unpaired) electrons. The fraction of sp³-hybridized carbons (Fsp3) is 0.480. The van der Waals surface area contributed by atoms with Crippen molar-refractivity contribution in [2.75, 3.05) is 5.32 Å². The molecule has 0 aliphatic carbocycles. The summed E-state index contributed by atoms with van der Waals surface area (Å²) in [6.07, 6.45) is 2.85. The van der Waals surface area contributed by atoms with Gasteiger partial charge in [-0.2, -0.15) is 0 Å². The zero-order chi connectivity index (χ0) is 21.1. The molecule has 1 saturated heterocycles. The van der Waals surface area contributed by atoms with Gasteiger partial charge in [0, 0.05) is 34.9 Å². The molecule has 1 aliphatic rings. The normalized spacial score (nSPS) is 18.2. The fourth-order valence-electron chi connectivity index (χ4n) is 4.71. The summed E-state index contributed by atoms with van der Waals surface area (Å²) in [6, 6.07) is 16.5. The van der Waals surface area contributed by atoms with Crippen molar-refractivity contribution in [1.82, 2.24) is 10.6 Å². The second kappa shape index (κ2) is 8.58. The molecule has 2 aromatic carbocycles. The highest BCUT2D eigenvalue weighted by molar-refractivity contribution is 5.94. The van der Waals surface area contributed by atoms with Crippen molar-refractivity contribution in [3.8, 4) is 0 Å². The van der Waals surface area contributed by atoms with Gasteiger partial charge in [-0.15, -0.1) is 0 Å². The third kappa shape index (κ3) is 5.83. The molecule has 4 heteroatoms. The number of amides is 1. The van der Waals surface area contributed by atoms with Crippen molar-refractivity contribution in [1.29, 1.82) is 0 Å². The summed E-state index contributed by atoms with van der Waals surface area (Å²) in [5.74, 6) is 0.0132. The molecule has 1 heterocycles. The van der Waals surface area contributed by atoms with E-state index in [-0.39, 0.29) is 23.0 Å². The second-order valence-electron chi connectivity index (χ2n) is 9.54. The quantitative estimate of drug-likeness (QED) is 0.654. The van der Waals surface area contributed by atoms with Crippen LogP contribution in [0.3, 0.4) is 0 Å². The highest BCUT2D eigenvalue weighted by atomic mass is 16.1. The van der Waals surface area contributed by atoms with Crippen LogP contribution in [-0.4, -0.2) is 23.0 Å². The van der Waals surface area contributed by atoms with Crippen LogP contribution in [0.25, 0.3) is 0 Å². The first-order valence-corrected chi connectivity index (χ1v) is 10.7. The number of aryl methyl sites for hydroxylation is 1. The van der Waals surface area contributed by atoms with E-state index in [1.165, 1.54) is 5.56 Å². The molecule has 0 bridgehead atoms. The summed E-state index contributed by atoms with van der Waals surface area (Å²) in [5, 5.41) is 10.4. The van der Waals surface area contributed by atoms with Crippen LogP contribution in [0.5, 0.6) is 0 Å². The lowest BCUT2D eigenvalue weighted by atomic mass is 9.79. The van der Waals surface area contributed by atoms with E-state index in [0.29, 0.717) is 6.54 Å². The van der Waals surface area contributed by atoms with E-state index in [4.69, 9.17) is 0 Å². The molecular weight excluding hydrogens is 358 g/mol. The number of nitrogens with one attached hydrogen (secondary N) is 3. The van der Waals surface area contributed by atoms with Crippen LogP contribution in [0.15, 0.2) is 48.5 Å². The maximum absolute atomic E-state index is 12.9. The van der Waals surface area contributed by atoms with E-state index < -0.39 is 0 Å². The van der Waals surface area contributed by atoms with Crippen LogP contribution in [0, 0.1) is 0 Å². The molecule has 156 valence electrons. The predicted octanol–water partition coefficient (Wildman–Crippen LogP) is 4.90. The smallest absolute Gasteiger partial charge is 0.251 e. The number of carbonyl (C=O) groups excluding carboxylic acids is 1. The largest absolute Gasteiger partial charge is 0.381 e. The topological polar surface area (TPSA) is 53.2 Å². The Bertz CT molecular complexity index is 841. The van der Waals surface area contributed by atoms with Crippen molar-refractivity contribution in [2.45, 2.75) is 77.5 Å². The van der Waals surface area contributed by atoms with E-state index in [0.717, 1.165) is 36.1 Å². The Hall–Kier alpha value is -2.33. The number of benzene rings is 2. The minimum Gasteiger partial charge on any atom is -0.381 e. The van der Waals surface area contributed by atoms with Crippen molar-refractivity contribution in [3.05, 3.63) is 65.2 Å². The molecular formula is C25H35N3O. The highest BCUT2D eigenvalue weighted by Crippen LogP contribution is 2.28. The van der Waals surface area contributed by atoms with Gasteiger partial charge in [-0.25, -0.2) is 0 Å². The maximum atomic E-state index is 12.9. The Balaban J connectivity index is 1.65. The number of piperidine rings is 1. The molecule has 0 unspecified atom stereocenters. The van der Waals surface area contributed by atoms with Crippen LogP contribution in [0.4, 0.5) is 5.69 Å². The molecule has 2 aromatic rings. The van der Waals surface area contributed by atoms with Gasteiger partial charge in [0.2, 0.25) is 0 Å². The summed E-state index contributed by atoms with van der Waals surface area (Å²) in [5.41, 5.74) is 4.31. The Kier molecular flexibility index (Phi) is 6.33. The third-order valence-electron chi connectivity index (χ3n) is 5.60. The van der Waals surface area contributed by atoms with E-state index in [2.05, 4.69) is 74.8 Å². The molecule has 4 nitrogen and oxygen atoms in total. The summed E-state index contributed by atoms with van der Waals surface area (Å²) in [4.78, 5) is 12.9. The number of rotatable bonds is 6. The van der Waals surface area contributed by atoms with Gasteiger partial charge in [-0.3, -0.25) is 4.79 Å². The number of hydrogen-bond acceptors (Lipinski definition) is 3. The van der Waals surface area contributed by atoms with Crippen molar-refractivity contribution in [2.24, 2.45) is 0 Å². The summed E-state index contributed by atoms with van der Waals surface area (Å²) < 4.78 is 0. The molecule has 3 N–H and O–H groups in total. The predicted molar refractivity (Wildman–Crippen MR) is 121 cm³/mol. The maximum Gasteiger partial charge on any atom is 0.251 e. The van der Waals surface area contributed by atoms with Gasteiger partial charge in [-0.05, 0) is 76.3 Å². The zero-order valence-corrected chi connectivity index (χ0v) is 18.4. The lowest BCUT2D eigenvalue weighted by Gasteiger charge is -2.46. The number of para-hydroxylation sites is 1. The minimum atomic E-state index is 0.0120. The molecule has 0 aromatic heterocycles. The zero-order valence-electron chi connectivity index (χ0n) is 18.4. The van der Waals surface area contributed by atoms with Crippen LogP contribution in [0.2, 0.25) is 0 Å². The first-order chi connectivity index (χ1) is 13.7. The van der Waals surface area contributed by atoms with E-state index in [9.17, 15) is 4.79 Å². The Labute approximate surface area is 175 Å². The Morgan fingerprint density at radius 1 is 1.03 bits per heavy atom.